The Morgan fingerprint density at radius 3 is 2.62 bits per heavy atom. The first-order valence-corrected chi connectivity index (χ1v) is 6.05. The van der Waals surface area contributed by atoms with Crippen LogP contribution in [-0.2, 0) is 0 Å². The molecule has 0 radical (unpaired) electrons. The quantitative estimate of drug-likeness (QED) is 0.642. The van der Waals surface area contributed by atoms with Crippen LogP contribution in [0.4, 0.5) is 0 Å². The van der Waals surface area contributed by atoms with Crippen LogP contribution in [0.3, 0.4) is 0 Å². The standard InChI is InChI=1S/C10H20N2S/c1-3-7-13-8-5-4-6-10(2,12)9-11/h3-8,12H2,1-2H3. The summed E-state index contributed by atoms with van der Waals surface area (Å²) in [6, 6.07) is 2.11. The third-order valence-corrected chi connectivity index (χ3v) is 3.11. The number of rotatable bonds is 7. The van der Waals surface area contributed by atoms with Crippen molar-refractivity contribution in [1.29, 1.82) is 5.26 Å². The average Bonchev–Trinajstić information content (AvgIpc) is 2.11. The van der Waals surface area contributed by atoms with Gasteiger partial charge in [0.1, 0.15) is 5.54 Å². The molecule has 0 spiro atoms. The van der Waals surface area contributed by atoms with Crippen LogP contribution >= 0.6 is 11.8 Å². The van der Waals surface area contributed by atoms with E-state index in [-0.39, 0.29) is 0 Å². The topological polar surface area (TPSA) is 49.8 Å². The molecule has 1 atom stereocenters. The Balaban J connectivity index is 3.22. The largest absolute Gasteiger partial charge is 0.314 e. The van der Waals surface area contributed by atoms with Crippen molar-refractivity contribution in [2.45, 2.75) is 45.1 Å². The fraction of sp³-hybridized carbons (Fsp3) is 0.900. The minimum absolute atomic E-state index is 0.616. The Morgan fingerprint density at radius 2 is 2.08 bits per heavy atom. The van der Waals surface area contributed by atoms with Crippen LogP contribution in [0.15, 0.2) is 0 Å². The molecule has 2 nitrogen and oxygen atoms in total. The second-order valence-corrected chi connectivity index (χ2v) is 4.82. The lowest BCUT2D eigenvalue weighted by Crippen LogP contribution is -2.33. The van der Waals surface area contributed by atoms with Gasteiger partial charge in [-0.2, -0.15) is 17.0 Å². The lowest BCUT2D eigenvalue weighted by atomic mass is 9.99. The number of hydrogen-bond donors (Lipinski definition) is 1. The highest BCUT2D eigenvalue weighted by molar-refractivity contribution is 7.99. The number of thioether (sulfide) groups is 1. The van der Waals surface area contributed by atoms with Crippen LogP contribution < -0.4 is 5.73 Å². The summed E-state index contributed by atoms with van der Waals surface area (Å²) in [5.74, 6) is 2.45. The summed E-state index contributed by atoms with van der Waals surface area (Å²) >= 11 is 1.99. The van der Waals surface area contributed by atoms with E-state index in [9.17, 15) is 0 Å². The van der Waals surface area contributed by atoms with Gasteiger partial charge in [0.25, 0.3) is 0 Å². The predicted octanol–water partition coefficient (Wildman–Crippen LogP) is 2.54. The van der Waals surface area contributed by atoms with Gasteiger partial charge in [-0.25, -0.2) is 0 Å². The number of nitrogens with two attached hydrogens (primary N) is 1. The molecular weight excluding hydrogens is 180 g/mol. The van der Waals surface area contributed by atoms with E-state index in [2.05, 4.69) is 13.0 Å². The second kappa shape index (κ2) is 7.23. The number of hydrogen-bond acceptors (Lipinski definition) is 3. The first kappa shape index (κ1) is 12.8. The molecule has 0 fully saturated rings. The molecule has 0 aliphatic rings. The van der Waals surface area contributed by atoms with Crippen molar-refractivity contribution in [2.75, 3.05) is 11.5 Å². The van der Waals surface area contributed by atoms with Crippen molar-refractivity contribution in [3.63, 3.8) is 0 Å². The Hall–Kier alpha value is -0.200. The number of nitriles is 1. The van der Waals surface area contributed by atoms with E-state index in [0.717, 1.165) is 12.8 Å². The molecule has 3 heteroatoms. The van der Waals surface area contributed by atoms with Gasteiger partial charge in [0.15, 0.2) is 0 Å². The molecule has 13 heavy (non-hydrogen) atoms. The molecule has 0 aliphatic carbocycles. The molecule has 0 heterocycles. The van der Waals surface area contributed by atoms with Crippen molar-refractivity contribution >= 4 is 11.8 Å². The lowest BCUT2D eigenvalue weighted by molar-refractivity contribution is 0.519. The molecule has 0 aliphatic heterocycles. The third-order valence-electron chi connectivity index (χ3n) is 1.84. The fourth-order valence-electron chi connectivity index (χ4n) is 0.999. The van der Waals surface area contributed by atoms with E-state index >= 15 is 0 Å². The maximum Gasteiger partial charge on any atom is 0.101 e. The van der Waals surface area contributed by atoms with Gasteiger partial charge in [0.2, 0.25) is 0 Å². The Kier molecular flexibility index (Phi) is 7.12. The fourth-order valence-corrected chi connectivity index (χ4v) is 1.90. The highest BCUT2D eigenvalue weighted by Crippen LogP contribution is 2.12. The molecule has 0 rings (SSSR count). The molecule has 2 N–H and O–H groups in total. The van der Waals surface area contributed by atoms with E-state index < -0.39 is 5.54 Å². The summed E-state index contributed by atoms with van der Waals surface area (Å²) in [4.78, 5) is 0. The third kappa shape index (κ3) is 8.14. The minimum Gasteiger partial charge on any atom is -0.314 e. The van der Waals surface area contributed by atoms with Crippen LogP contribution in [0, 0.1) is 11.3 Å². The van der Waals surface area contributed by atoms with Gasteiger partial charge in [-0.3, -0.25) is 0 Å². The number of nitrogens with zero attached hydrogens (tertiary/aromatic N) is 1. The monoisotopic (exact) mass is 200 g/mol. The summed E-state index contributed by atoms with van der Waals surface area (Å²) in [6.07, 6.45) is 4.31. The predicted molar refractivity (Wildman–Crippen MR) is 59.7 cm³/mol. The smallest absolute Gasteiger partial charge is 0.101 e. The SMILES string of the molecule is CCCSCCCCC(C)(N)C#N. The lowest BCUT2D eigenvalue weighted by Gasteiger charge is -2.14. The molecule has 0 aromatic rings. The summed E-state index contributed by atoms with van der Waals surface area (Å²) < 4.78 is 0. The van der Waals surface area contributed by atoms with Crippen molar-refractivity contribution in [3.05, 3.63) is 0 Å². The maximum absolute atomic E-state index is 8.65. The summed E-state index contributed by atoms with van der Waals surface area (Å²) in [5, 5.41) is 8.65. The van der Waals surface area contributed by atoms with Gasteiger partial charge in [-0.15, -0.1) is 0 Å². The molecule has 0 aromatic heterocycles. The van der Waals surface area contributed by atoms with Gasteiger partial charge >= 0.3 is 0 Å². The zero-order chi connectivity index (χ0) is 10.2. The Morgan fingerprint density at radius 1 is 1.38 bits per heavy atom. The molecule has 0 aromatic carbocycles. The van der Waals surface area contributed by atoms with Gasteiger partial charge in [-0.1, -0.05) is 6.92 Å². The summed E-state index contributed by atoms with van der Waals surface area (Å²) in [5.41, 5.74) is 5.07. The van der Waals surface area contributed by atoms with Crippen molar-refractivity contribution < 1.29 is 0 Å². The molecule has 0 amide bonds. The van der Waals surface area contributed by atoms with Crippen LogP contribution in [0.25, 0.3) is 0 Å². The first-order valence-electron chi connectivity index (χ1n) is 4.90. The molecule has 0 saturated heterocycles. The van der Waals surface area contributed by atoms with Crippen LogP contribution in [-0.4, -0.2) is 17.0 Å². The highest BCUT2D eigenvalue weighted by atomic mass is 32.2. The Labute approximate surface area is 85.9 Å². The van der Waals surface area contributed by atoms with E-state index in [4.69, 9.17) is 11.0 Å². The molecule has 76 valence electrons. The van der Waals surface area contributed by atoms with Crippen molar-refractivity contribution in [1.82, 2.24) is 0 Å². The van der Waals surface area contributed by atoms with Gasteiger partial charge < -0.3 is 5.73 Å². The average molecular weight is 200 g/mol. The van der Waals surface area contributed by atoms with Crippen LogP contribution in [0.5, 0.6) is 0 Å². The van der Waals surface area contributed by atoms with E-state index in [0.29, 0.717) is 0 Å². The van der Waals surface area contributed by atoms with E-state index in [1.807, 2.05) is 11.8 Å². The van der Waals surface area contributed by atoms with Gasteiger partial charge in [0, 0.05) is 0 Å². The highest BCUT2D eigenvalue weighted by Gasteiger charge is 2.15. The normalized spacial score (nSPS) is 14.9. The minimum atomic E-state index is -0.616. The number of unbranched alkanes of at least 4 members (excludes halogenated alkanes) is 1. The van der Waals surface area contributed by atoms with Crippen molar-refractivity contribution in [3.8, 4) is 6.07 Å². The zero-order valence-electron chi connectivity index (χ0n) is 8.68. The first-order chi connectivity index (χ1) is 6.12. The molecule has 1 unspecified atom stereocenters. The second-order valence-electron chi connectivity index (χ2n) is 3.60. The summed E-state index contributed by atoms with van der Waals surface area (Å²) in [7, 11) is 0. The molecule has 0 saturated carbocycles. The van der Waals surface area contributed by atoms with Gasteiger partial charge in [-0.05, 0) is 44.1 Å². The molecule has 0 bridgehead atoms. The van der Waals surface area contributed by atoms with E-state index in [1.54, 1.807) is 6.92 Å². The van der Waals surface area contributed by atoms with E-state index in [1.165, 1.54) is 24.3 Å². The zero-order valence-corrected chi connectivity index (χ0v) is 9.49. The molecular formula is C10H20N2S. The van der Waals surface area contributed by atoms with Crippen LogP contribution in [0.2, 0.25) is 0 Å². The Bertz CT molecular complexity index is 161. The summed E-state index contributed by atoms with van der Waals surface area (Å²) in [6.45, 7) is 3.99. The van der Waals surface area contributed by atoms with Crippen molar-refractivity contribution in [2.24, 2.45) is 5.73 Å². The van der Waals surface area contributed by atoms with Crippen LogP contribution in [0.1, 0.15) is 39.5 Å². The maximum atomic E-state index is 8.65. The van der Waals surface area contributed by atoms with Gasteiger partial charge in [0.05, 0.1) is 6.07 Å².